The Labute approximate surface area is 121 Å². The number of aliphatic hydroxyl groups excluding tert-OH is 1. The smallest absolute Gasteiger partial charge is 0.254 e. The van der Waals surface area contributed by atoms with Gasteiger partial charge in [0.25, 0.3) is 5.91 Å². The van der Waals surface area contributed by atoms with Crippen molar-refractivity contribution < 1.29 is 9.90 Å². The highest BCUT2D eigenvalue weighted by molar-refractivity contribution is 5.95. The van der Waals surface area contributed by atoms with Crippen molar-refractivity contribution in [3.8, 4) is 0 Å². The third-order valence-corrected chi connectivity index (χ3v) is 4.41. The van der Waals surface area contributed by atoms with Crippen molar-refractivity contribution in [3.05, 3.63) is 34.9 Å². The highest BCUT2D eigenvalue weighted by Crippen LogP contribution is 2.24. The first-order valence-electron chi connectivity index (χ1n) is 7.57. The van der Waals surface area contributed by atoms with Crippen LogP contribution in [0.4, 0.5) is 0 Å². The fourth-order valence-electron chi connectivity index (χ4n) is 2.96. The van der Waals surface area contributed by atoms with Crippen LogP contribution in [0.2, 0.25) is 0 Å². The van der Waals surface area contributed by atoms with Crippen LogP contribution in [0.3, 0.4) is 0 Å². The van der Waals surface area contributed by atoms with Gasteiger partial charge in [-0.2, -0.15) is 0 Å². The average molecular weight is 275 g/mol. The lowest BCUT2D eigenvalue weighted by Gasteiger charge is -2.34. The lowest BCUT2D eigenvalue weighted by molar-refractivity contribution is 0.0453. The summed E-state index contributed by atoms with van der Waals surface area (Å²) in [5, 5.41) is 9.90. The van der Waals surface area contributed by atoms with Crippen molar-refractivity contribution in [2.45, 2.75) is 46.1 Å². The van der Waals surface area contributed by atoms with Crippen LogP contribution in [0.5, 0.6) is 0 Å². The topological polar surface area (TPSA) is 40.5 Å². The molecule has 0 radical (unpaired) electrons. The second kappa shape index (κ2) is 6.40. The van der Waals surface area contributed by atoms with E-state index in [9.17, 15) is 9.90 Å². The molecule has 1 aromatic rings. The van der Waals surface area contributed by atoms with Gasteiger partial charge >= 0.3 is 0 Å². The molecule has 20 heavy (non-hydrogen) atoms. The zero-order chi connectivity index (χ0) is 14.7. The Morgan fingerprint density at radius 1 is 1.35 bits per heavy atom. The number of benzene rings is 1. The first kappa shape index (κ1) is 15.0. The van der Waals surface area contributed by atoms with Crippen LogP contribution in [0, 0.1) is 19.8 Å². The van der Waals surface area contributed by atoms with E-state index >= 15 is 0 Å². The number of carbonyl (C=O) groups excluding carboxylic acids is 1. The summed E-state index contributed by atoms with van der Waals surface area (Å²) < 4.78 is 0. The van der Waals surface area contributed by atoms with Crippen LogP contribution in [0.15, 0.2) is 18.2 Å². The first-order chi connectivity index (χ1) is 9.52. The minimum absolute atomic E-state index is 0.135. The minimum atomic E-state index is -0.215. The second-order valence-corrected chi connectivity index (χ2v) is 5.92. The van der Waals surface area contributed by atoms with Crippen molar-refractivity contribution >= 4 is 5.91 Å². The largest absolute Gasteiger partial charge is 0.393 e. The van der Waals surface area contributed by atoms with Crippen LogP contribution in [-0.2, 0) is 0 Å². The Balaban J connectivity index is 2.03. The van der Waals surface area contributed by atoms with Gasteiger partial charge in [-0.3, -0.25) is 4.79 Å². The van der Waals surface area contributed by atoms with Gasteiger partial charge in [-0.05, 0) is 50.7 Å². The molecular weight excluding hydrogens is 250 g/mol. The lowest BCUT2D eigenvalue weighted by Crippen LogP contribution is -2.41. The fourth-order valence-corrected chi connectivity index (χ4v) is 2.96. The van der Waals surface area contributed by atoms with Crippen molar-refractivity contribution in [1.29, 1.82) is 0 Å². The normalized spacial score (nSPS) is 18.1. The Hall–Kier alpha value is -1.35. The molecule has 1 fully saturated rings. The molecule has 1 unspecified atom stereocenters. The van der Waals surface area contributed by atoms with Gasteiger partial charge in [0.1, 0.15) is 0 Å². The monoisotopic (exact) mass is 275 g/mol. The van der Waals surface area contributed by atoms with Gasteiger partial charge in [-0.1, -0.05) is 24.6 Å². The summed E-state index contributed by atoms with van der Waals surface area (Å²) in [6.45, 7) is 7.53. The summed E-state index contributed by atoms with van der Waals surface area (Å²) in [6.07, 6.45) is 2.40. The van der Waals surface area contributed by atoms with Crippen molar-refractivity contribution in [2.75, 3.05) is 13.1 Å². The summed E-state index contributed by atoms with van der Waals surface area (Å²) in [4.78, 5) is 14.5. The van der Waals surface area contributed by atoms with Gasteiger partial charge in [0.05, 0.1) is 6.10 Å². The molecule has 1 N–H and O–H groups in total. The minimum Gasteiger partial charge on any atom is -0.393 e. The van der Waals surface area contributed by atoms with E-state index in [0.717, 1.165) is 49.0 Å². The van der Waals surface area contributed by atoms with Gasteiger partial charge < -0.3 is 10.0 Å². The first-order valence-corrected chi connectivity index (χ1v) is 7.57. The molecule has 1 aliphatic rings. The zero-order valence-corrected chi connectivity index (χ0v) is 12.7. The molecule has 1 heterocycles. The number of hydrogen-bond donors (Lipinski definition) is 1. The van der Waals surface area contributed by atoms with Crippen molar-refractivity contribution in [3.63, 3.8) is 0 Å². The molecule has 2 rings (SSSR count). The Kier molecular flexibility index (Phi) is 4.81. The highest BCUT2D eigenvalue weighted by atomic mass is 16.3. The number of aryl methyl sites for hydroxylation is 2. The summed E-state index contributed by atoms with van der Waals surface area (Å²) in [5.74, 6) is 0.485. The summed E-state index contributed by atoms with van der Waals surface area (Å²) in [7, 11) is 0. The second-order valence-electron chi connectivity index (χ2n) is 5.92. The SMILES string of the molecule is CCC(O)C1CCN(C(=O)c2cc(C)ccc2C)CC1. The number of nitrogens with zero attached hydrogens (tertiary/aromatic N) is 1. The highest BCUT2D eigenvalue weighted by Gasteiger charge is 2.27. The molecule has 0 aliphatic carbocycles. The summed E-state index contributed by atoms with van der Waals surface area (Å²) >= 11 is 0. The van der Waals surface area contributed by atoms with Gasteiger partial charge in [0, 0.05) is 18.7 Å². The molecule has 110 valence electrons. The van der Waals surface area contributed by atoms with Crippen LogP contribution >= 0.6 is 0 Å². The van der Waals surface area contributed by atoms with Gasteiger partial charge in [-0.25, -0.2) is 0 Å². The van der Waals surface area contributed by atoms with E-state index in [0.29, 0.717) is 5.92 Å². The van der Waals surface area contributed by atoms with Crippen LogP contribution < -0.4 is 0 Å². The van der Waals surface area contributed by atoms with E-state index in [2.05, 4.69) is 0 Å². The fraction of sp³-hybridized carbons (Fsp3) is 0.588. The number of likely N-dealkylation sites (tertiary alicyclic amines) is 1. The molecule has 0 saturated carbocycles. The molecule has 1 aliphatic heterocycles. The number of piperidine rings is 1. The third-order valence-electron chi connectivity index (χ3n) is 4.41. The summed E-state index contributed by atoms with van der Waals surface area (Å²) in [6, 6.07) is 6.02. The molecule has 3 heteroatoms. The van der Waals surface area contributed by atoms with Crippen molar-refractivity contribution in [2.24, 2.45) is 5.92 Å². The molecule has 0 aromatic heterocycles. The third kappa shape index (κ3) is 3.21. The van der Waals surface area contributed by atoms with Gasteiger partial charge in [0.2, 0.25) is 0 Å². The molecule has 0 bridgehead atoms. The maximum Gasteiger partial charge on any atom is 0.254 e. The number of carbonyl (C=O) groups is 1. The van der Waals surface area contributed by atoms with E-state index in [1.807, 2.05) is 43.9 Å². The van der Waals surface area contributed by atoms with Crippen LogP contribution in [-0.4, -0.2) is 35.1 Å². The van der Waals surface area contributed by atoms with Crippen molar-refractivity contribution in [1.82, 2.24) is 4.90 Å². The Morgan fingerprint density at radius 3 is 2.60 bits per heavy atom. The van der Waals surface area contributed by atoms with E-state index < -0.39 is 0 Å². The average Bonchev–Trinajstić information content (AvgIpc) is 2.48. The Bertz CT molecular complexity index is 476. The van der Waals surface area contributed by atoms with Crippen LogP contribution in [0.1, 0.15) is 47.7 Å². The van der Waals surface area contributed by atoms with E-state index in [4.69, 9.17) is 0 Å². The van der Waals surface area contributed by atoms with Gasteiger partial charge in [0.15, 0.2) is 0 Å². The van der Waals surface area contributed by atoms with E-state index in [1.165, 1.54) is 0 Å². The van der Waals surface area contributed by atoms with E-state index in [-0.39, 0.29) is 12.0 Å². The number of rotatable bonds is 3. The molecule has 1 aromatic carbocycles. The van der Waals surface area contributed by atoms with Gasteiger partial charge in [-0.15, -0.1) is 0 Å². The number of hydrogen-bond acceptors (Lipinski definition) is 2. The molecule has 1 atom stereocenters. The molecule has 1 amide bonds. The molecule has 0 spiro atoms. The maximum atomic E-state index is 12.6. The predicted octanol–water partition coefficient (Wildman–Crippen LogP) is 2.93. The Morgan fingerprint density at radius 2 is 2.00 bits per heavy atom. The predicted molar refractivity (Wildman–Crippen MR) is 80.8 cm³/mol. The zero-order valence-electron chi connectivity index (χ0n) is 12.7. The molecular formula is C17H25NO2. The summed E-state index contributed by atoms with van der Waals surface area (Å²) in [5.41, 5.74) is 2.98. The number of aliphatic hydroxyl groups is 1. The lowest BCUT2D eigenvalue weighted by atomic mass is 9.89. The maximum absolute atomic E-state index is 12.6. The molecule has 1 saturated heterocycles. The van der Waals surface area contributed by atoms with Crippen LogP contribution in [0.25, 0.3) is 0 Å². The van der Waals surface area contributed by atoms with E-state index in [1.54, 1.807) is 0 Å². The standard InChI is InChI=1S/C17H25NO2/c1-4-16(19)14-7-9-18(10-8-14)17(20)15-11-12(2)5-6-13(15)3/h5-6,11,14,16,19H,4,7-10H2,1-3H3. The quantitative estimate of drug-likeness (QED) is 0.921. The number of amides is 1. The molecule has 3 nitrogen and oxygen atoms in total.